The van der Waals surface area contributed by atoms with Crippen LogP contribution >= 0.6 is 43.2 Å². The van der Waals surface area contributed by atoms with Gasteiger partial charge in [-0.05, 0) is 39.9 Å². The van der Waals surface area contributed by atoms with Crippen molar-refractivity contribution in [1.29, 1.82) is 0 Å². The van der Waals surface area contributed by atoms with Gasteiger partial charge in [0.05, 0.1) is 0 Å². The van der Waals surface area contributed by atoms with Crippen LogP contribution < -0.4 is 0 Å². The summed E-state index contributed by atoms with van der Waals surface area (Å²) in [6, 6.07) is 12.9. The van der Waals surface area contributed by atoms with Crippen molar-refractivity contribution in [1.82, 2.24) is 0 Å². The third-order valence-corrected chi connectivity index (χ3v) is 5.03. The zero-order valence-electron chi connectivity index (χ0n) is 8.70. The summed E-state index contributed by atoms with van der Waals surface area (Å²) in [5, 5.41) is 3.15. The maximum absolute atomic E-state index is 3.61. The number of hydrogen-bond acceptors (Lipinski definition) is 1. The smallest absolute Gasteiger partial charge is 0.0285 e. The SMILES string of the molecule is BrCC(Cc1cc(Br)cs1)c1ccccc1. The van der Waals surface area contributed by atoms with E-state index in [1.807, 2.05) is 11.3 Å². The normalized spacial score (nSPS) is 12.6. The molecule has 0 aliphatic heterocycles. The number of hydrogen-bond donors (Lipinski definition) is 0. The molecule has 0 bridgehead atoms. The fourth-order valence-corrected chi connectivity index (χ4v) is 3.83. The number of halogens is 2. The molecule has 0 saturated heterocycles. The van der Waals surface area contributed by atoms with Gasteiger partial charge in [-0.2, -0.15) is 0 Å². The largest absolute Gasteiger partial charge is 0.148 e. The molecule has 1 unspecified atom stereocenters. The van der Waals surface area contributed by atoms with Crippen LogP contribution in [-0.2, 0) is 6.42 Å². The molecule has 3 heteroatoms. The van der Waals surface area contributed by atoms with Gasteiger partial charge in [0.1, 0.15) is 0 Å². The Labute approximate surface area is 117 Å². The van der Waals surface area contributed by atoms with E-state index in [0.29, 0.717) is 5.92 Å². The highest BCUT2D eigenvalue weighted by Crippen LogP contribution is 2.27. The van der Waals surface area contributed by atoms with E-state index in [2.05, 4.69) is 73.6 Å². The fraction of sp³-hybridized carbons (Fsp3) is 0.231. The third-order valence-electron chi connectivity index (χ3n) is 2.53. The molecule has 0 aliphatic rings. The van der Waals surface area contributed by atoms with Gasteiger partial charge < -0.3 is 0 Å². The molecule has 16 heavy (non-hydrogen) atoms. The number of benzene rings is 1. The van der Waals surface area contributed by atoms with Gasteiger partial charge in [-0.15, -0.1) is 11.3 Å². The van der Waals surface area contributed by atoms with Crippen molar-refractivity contribution in [2.24, 2.45) is 0 Å². The molecule has 0 saturated carbocycles. The van der Waals surface area contributed by atoms with Gasteiger partial charge in [0.2, 0.25) is 0 Å². The predicted molar refractivity (Wildman–Crippen MR) is 78.7 cm³/mol. The van der Waals surface area contributed by atoms with E-state index in [4.69, 9.17) is 0 Å². The molecule has 0 amide bonds. The van der Waals surface area contributed by atoms with Crippen LogP contribution in [0.1, 0.15) is 16.4 Å². The van der Waals surface area contributed by atoms with Gasteiger partial charge in [-0.25, -0.2) is 0 Å². The van der Waals surface area contributed by atoms with E-state index in [9.17, 15) is 0 Å². The van der Waals surface area contributed by atoms with Crippen molar-refractivity contribution < 1.29 is 0 Å². The maximum Gasteiger partial charge on any atom is 0.0285 e. The topological polar surface area (TPSA) is 0 Å². The Morgan fingerprint density at radius 1 is 1.19 bits per heavy atom. The van der Waals surface area contributed by atoms with Crippen molar-refractivity contribution in [3.63, 3.8) is 0 Å². The minimum Gasteiger partial charge on any atom is -0.148 e. The molecule has 1 aromatic heterocycles. The Balaban J connectivity index is 2.12. The van der Waals surface area contributed by atoms with Crippen molar-refractivity contribution >= 4 is 43.2 Å². The summed E-state index contributed by atoms with van der Waals surface area (Å²) in [5.41, 5.74) is 1.41. The monoisotopic (exact) mass is 358 g/mol. The van der Waals surface area contributed by atoms with Gasteiger partial charge in [0, 0.05) is 20.1 Å². The number of thiophene rings is 1. The van der Waals surface area contributed by atoms with Crippen LogP contribution in [0.4, 0.5) is 0 Å². The lowest BCUT2D eigenvalue weighted by molar-refractivity contribution is 0.786. The summed E-state index contributed by atoms with van der Waals surface area (Å²) in [6.07, 6.45) is 1.10. The highest BCUT2D eigenvalue weighted by Gasteiger charge is 2.11. The molecule has 0 aliphatic carbocycles. The van der Waals surface area contributed by atoms with E-state index in [1.165, 1.54) is 14.9 Å². The first-order chi connectivity index (χ1) is 7.79. The lowest BCUT2D eigenvalue weighted by atomic mass is 9.97. The van der Waals surface area contributed by atoms with Crippen LogP contribution in [0.5, 0.6) is 0 Å². The first-order valence-corrected chi connectivity index (χ1v) is 7.93. The highest BCUT2D eigenvalue weighted by molar-refractivity contribution is 9.10. The Bertz CT molecular complexity index is 436. The van der Waals surface area contributed by atoms with Crippen LogP contribution in [0.15, 0.2) is 46.3 Å². The van der Waals surface area contributed by atoms with E-state index < -0.39 is 0 Å². The lowest BCUT2D eigenvalue weighted by Gasteiger charge is -2.13. The molecule has 0 spiro atoms. The van der Waals surface area contributed by atoms with E-state index in [0.717, 1.165) is 11.8 Å². The summed E-state index contributed by atoms with van der Waals surface area (Å²) in [6.45, 7) is 0. The van der Waals surface area contributed by atoms with Gasteiger partial charge >= 0.3 is 0 Å². The van der Waals surface area contributed by atoms with E-state index in [1.54, 1.807) is 0 Å². The Morgan fingerprint density at radius 3 is 2.50 bits per heavy atom. The van der Waals surface area contributed by atoms with Crippen LogP contribution in [0.3, 0.4) is 0 Å². The van der Waals surface area contributed by atoms with Crippen molar-refractivity contribution in [2.75, 3.05) is 5.33 Å². The molecule has 0 N–H and O–H groups in total. The molecule has 2 rings (SSSR count). The quantitative estimate of drug-likeness (QED) is 0.655. The molecule has 1 atom stereocenters. The van der Waals surface area contributed by atoms with Gasteiger partial charge in [-0.3, -0.25) is 0 Å². The summed E-state index contributed by atoms with van der Waals surface area (Å²) >= 11 is 8.93. The second kappa shape index (κ2) is 5.99. The fourth-order valence-electron chi connectivity index (χ4n) is 1.69. The van der Waals surface area contributed by atoms with Crippen molar-refractivity contribution in [3.05, 3.63) is 56.7 Å². The first kappa shape index (κ1) is 12.3. The average molecular weight is 360 g/mol. The minimum atomic E-state index is 0.562. The molecule has 1 heterocycles. The molecule has 0 radical (unpaired) electrons. The molecular formula is C13H12Br2S. The second-order valence-corrected chi connectivity index (χ2v) is 6.26. The summed E-state index contributed by atoms with van der Waals surface area (Å²) in [7, 11) is 0. The molecule has 1 aromatic carbocycles. The molecule has 0 fully saturated rings. The summed E-state index contributed by atoms with van der Waals surface area (Å²) < 4.78 is 1.19. The third kappa shape index (κ3) is 3.19. The van der Waals surface area contributed by atoms with Crippen LogP contribution in [0.2, 0.25) is 0 Å². The standard InChI is InChI=1S/C13H12Br2S/c14-8-11(10-4-2-1-3-5-10)6-13-7-12(15)9-16-13/h1-5,7,9,11H,6,8H2. The van der Waals surface area contributed by atoms with Gasteiger partial charge in [0.15, 0.2) is 0 Å². The average Bonchev–Trinajstić information content (AvgIpc) is 2.73. The zero-order valence-corrected chi connectivity index (χ0v) is 12.7. The van der Waals surface area contributed by atoms with Gasteiger partial charge in [0.25, 0.3) is 0 Å². The van der Waals surface area contributed by atoms with Crippen LogP contribution in [-0.4, -0.2) is 5.33 Å². The zero-order chi connectivity index (χ0) is 11.4. The molecule has 0 nitrogen and oxygen atoms in total. The number of alkyl halides is 1. The Morgan fingerprint density at radius 2 is 1.94 bits per heavy atom. The maximum atomic E-state index is 3.61. The molecular weight excluding hydrogens is 348 g/mol. The van der Waals surface area contributed by atoms with E-state index in [-0.39, 0.29) is 0 Å². The Hall–Kier alpha value is -0.120. The van der Waals surface area contributed by atoms with Crippen molar-refractivity contribution in [2.45, 2.75) is 12.3 Å². The number of rotatable bonds is 4. The van der Waals surface area contributed by atoms with Crippen molar-refractivity contribution in [3.8, 4) is 0 Å². The summed E-state index contributed by atoms with van der Waals surface area (Å²) in [4.78, 5) is 1.43. The highest BCUT2D eigenvalue weighted by atomic mass is 79.9. The first-order valence-electron chi connectivity index (χ1n) is 5.13. The predicted octanol–water partition coefficient (Wildman–Crippen LogP) is 5.23. The lowest BCUT2D eigenvalue weighted by Crippen LogP contribution is -2.02. The Kier molecular flexibility index (Phi) is 4.62. The molecule has 2 aromatic rings. The van der Waals surface area contributed by atoms with E-state index >= 15 is 0 Å². The summed E-state index contributed by atoms with van der Waals surface area (Å²) in [5.74, 6) is 0.562. The van der Waals surface area contributed by atoms with Crippen LogP contribution in [0, 0.1) is 0 Å². The second-order valence-electron chi connectivity index (χ2n) is 3.70. The van der Waals surface area contributed by atoms with Gasteiger partial charge in [-0.1, -0.05) is 46.3 Å². The van der Waals surface area contributed by atoms with Crippen LogP contribution in [0.25, 0.3) is 0 Å². The minimum absolute atomic E-state index is 0.562. The molecule has 84 valence electrons.